The average Bonchev–Trinajstić information content (AvgIpc) is 2.61. The molecule has 0 aromatic heterocycles. The van der Waals surface area contributed by atoms with Crippen LogP contribution in [0.25, 0.3) is 0 Å². The van der Waals surface area contributed by atoms with Crippen molar-refractivity contribution in [1.29, 1.82) is 0 Å². The van der Waals surface area contributed by atoms with E-state index in [1.165, 1.54) is 17.0 Å². The van der Waals surface area contributed by atoms with E-state index in [1.807, 2.05) is 0 Å². The molecule has 1 N–H and O–H groups in total. The SMILES string of the molecule is C=CCN(CC=C)C(=O)c1cccc(S(=O)(=O)Nc2ccccc2)c1. The van der Waals surface area contributed by atoms with Gasteiger partial charge in [0.2, 0.25) is 0 Å². The first-order chi connectivity index (χ1) is 12.0. The second-order valence-corrected chi connectivity index (χ2v) is 6.97. The van der Waals surface area contributed by atoms with Crippen LogP contribution in [0.1, 0.15) is 10.4 Å². The zero-order chi connectivity index (χ0) is 18.3. The molecule has 1 amide bonds. The number of carbonyl (C=O) groups excluding carboxylic acids is 1. The van der Waals surface area contributed by atoms with E-state index in [-0.39, 0.29) is 10.8 Å². The summed E-state index contributed by atoms with van der Waals surface area (Å²) in [4.78, 5) is 14.1. The van der Waals surface area contributed by atoms with Gasteiger partial charge in [0.25, 0.3) is 15.9 Å². The third-order valence-electron chi connectivity index (χ3n) is 3.40. The van der Waals surface area contributed by atoms with Gasteiger partial charge in [0.15, 0.2) is 0 Å². The number of nitrogens with one attached hydrogen (secondary N) is 1. The van der Waals surface area contributed by atoms with Gasteiger partial charge in [-0.15, -0.1) is 13.2 Å². The Morgan fingerprint density at radius 3 is 2.24 bits per heavy atom. The molecule has 0 aliphatic rings. The maximum Gasteiger partial charge on any atom is 0.261 e. The van der Waals surface area contributed by atoms with E-state index < -0.39 is 10.0 Å². The van der Waals surface area contributed by atoms with Crippen LogP contribution in [0.3, 0.4) is 0 Å². The fraction of sp³-hybridized carbons (Fsp3) is 0.105. The molecule has 2 rings (SSSR count). The topological polar surface area (TPSA) is 66.5 Å². The standard InChI is InChI=1S/C19H20N2O3S/c1-3-13-21(14-4-2)19(22)16-9-8-12-18(15-16)25(23,24)20-17-10-6-5-7-11-17/h3-12,15,20H,1-2,13-14H2. The van der Waals surface area contributed by atoms with Gasteiger partial charge in [0, 0.05) is 24.3 Å². The molecule has 2 aromatic carbocycles. The van der Waals surface area contributed by atoms with Gasteiger partial charge in [0.1, 0.15) is 0 Å². The smallest absolute Gasteiger partial charge is 0.261 e. The Hall–Kier alpha value is -2.86. The second kappa shape index (κ2) is 8.30. The highest BCUT2D eigenvalue weighted by molar-refractivity contribution is 7.92. The maximum atomic E-state index is 12.6. The molecule has 0 fully saturated rings. The van der Waals surface area contributed by atoms with Gasteiger partial charge in [-0.25, -0.2) is 8.42 Å². The lowest BCUT2D eigenvalue weighted by Crippen LogP contribution is -2.31. The average molecular weight is 356 g/mol. The van der Waals surface area contributed by atoms with Crippen LogP contribution in [0.4, 0.5) is 5.69 Å². The van der Waals surface area contributed by atoms with Crippen molar-refractivity contribution in [2.24, 2.45) is 0 Å². The van der Waals surface area contributed by atoms with Gasteiger partial charge in [-0.05, 0) is 30.3 Å². The molecule has 0 bridgehead atoms. The minimum Gasteiger partial charge on any atom is -0.331 e. The van der Waals surface area contributed by atoms with Crippen molar-refractivity contribution >= 4 is 21.6 Å². The van der Waals surface area contributed by atoms with Crippen molar-refractivity contribution in [3.05, 3.63) is 85.5 Å². The molecule has 0 radical (unpaired) electrons. The van der Waals surface area contributed by atoms with Crippen LogP contribution < -0.4 is 4.72 Å². The fourth-order valence-electron chi connectivity index (χ4n) is 2.25. The first-order valence-corrected chi connectivity index (χ1v) is 9.15. The highest BCUT2D eigenvalue weighted by Crippen LogP contribution is 2.18. The molecule has 0 saturated heterocycles. The Bertz CT molecular complexity index is 851. The largest absolute Gasteiger partial charge is 0.331 e. The van der Waals surface area contributed by atoms with Gasteiger partial charge >= 0.3 is 0 Å². The number of hydrogen-bond donors (Lipinski definition) is 1. The Balaban J connectivity index is 2.29. The summed E-state index contributed by atoms with van der Waals surface area (Å²) in [6, 6.07) is 14.5. The molecule has 0 spiro atoms. The summed E-state index contributed by atoms with van der Waals surface area (Å²) in [5, 5.41) is 0. The van der Waals surface area contributed by atoms with E-state index in [0.29, 0.717) is 24.3 Å². The molecule has 0 aliphatic heterocycles. The van der Waals surface area contributed by atoms with Crippen molar-refractivity contribution in [2.45, 2.75) is 4.90 Å². The summed E-state index contributed by atoms with van der Waals surface area (Å²) in [5.74, 6) is -0.281. The third kappa shape index (κ3) is 4.81. The Morgan fingerprint density at radius 1 is 1.00 bits per heavy atom. The number of para-hydroxylation sites is 1. The highest BCUT2D eigenvalue weighted by atomic mass is 32.2. The van der Waals surface area contributed by atoms with E-state index in [4.69, 9.17) is 0 Å². The summed E-state index contributed by atoms with van der Waals surface area (Å²) < 4.78 is 27.6. The first-order valence-electron chi connectivity index (χ1n) is 7.67. The summed E-state index contributed by atoms with van der Waals surface area (Å²) in [6.45, 7) is 7.96. The van der Waals surface area contributed by atoms with Crippen LogP contribution in [0.15, 0.2) is 84.8 Å². The van der Waals surface area contributed by atoms with Gasteiger partial charge < -0.3 is 4.90 Å². The normalized spacial score (nSPS) is 10.7. The highest BCUT2D eigenvalue weighted by Gasteiger charge is 2.18. The van der Waals surface area contributed by atoms with Crippen molar-refractivity contribution in [2.75, 3.05) is 17.8 Å². The van der Waals surface area contributed by atoms with Crippen molar-refractivity contribution < 1.29 is 13.2 Å². The Morgan fingerprint density at radius 2 is 1.64 bits per heavy atom. The van der Waals surface area contributed by atoms with E-state index in [1.54, 1.807) is 54.6 Å². The molecule has 130 valence electrons. The van der Waals surface area contributed by atoms with Gasteiger partial charge in [-0.3, -0.25) is 9.52 Å². The molecule has 0 unspecified atom stereocenters. The van der Waals surface area contributed by atoms with E-state index in [2.05, 4.69) is 17.9 Å². The molecule has 0 saturated carbocycles. The molecule has 0 heterocycles. The zero-order valence-corrected chi connectivity index (χ0v) is 14.6. The van der Waals surface area contributed by atoms with E-state index in [9.17, 15) is 13.2 Å². The number of amides is 1. The molecule has 25 heavy (non-hydrogen) atoms. The maximum absolute atomic E-state index is 12.6. The monoisotopic (exact) mass is 356 g/mol. The molecular weight excluding hydrogens is 336 g/mol. The first kappa shape index (κ1) is 18.5. The van der Waals surface area contributed by atoms with Crippen LogP contribution in [-0.2, 0) is 10.0 Å². The minimum atomic E-state index is -3.78. The fourth-order valence-corrected chi connectivity index (χ4v) is 3.36. The number of rotatable bonds is 8. The second-order valence-electron chi connectivity index (χ2n) is 5.29. The lowest BCUT2D eigenvalue weighted by molar-refractivity contribution is 0.0790. The molecule has 5 nitrogen and oxygen atoms in total. The van der Waals surface area contributed by atoms with Crippen LogP contribution >= 0.6 is 0 Å². The van der Waals surface area contributed by atoms with Crippen LogP contribution in [0.2, 0.25) is 0 Å². The quantitative estimate of drug-likeness (QED) is 0.738. The van der Waals surface area contributed by atoms with Crippen LogP contribution in [0, 0.1) is 0 Å². The number of carbonyl (C=O) groups is 1. The summed E-state index contributed by atoms with van der Waals surface area (Å²) in [5.41, 5.74) is 0.749. The predicted molar refractivity (Wildman–Crippen MR) is 100.0 cm³/mol. The van der Waals surface area contributed by atoms with Gasteiger partial charge in [-0.2, -0.15) is 0 Å². The molecule has 6 heteroatoms. The van der Waals surface area contributed by atoms with Crippen LogP contribution in [-0.4, -0.2) is 32.3 Å². The number of anilines is 1. The summed E-state index contributed by atoms with van der Waals surface area (Å²) >= 11 is 0. The third-order valence-corrected chi connectivity index (χ3v) is 4.78. The van der Waals surface area contributed by atoms with Crippen molar-refractivity contribution in [3.8, 4) is 0 Å². The van der Waals surface area contributed by atoms with Crippen molar-refractivity contribution in [3.63, 3.8) is 0 Å². The van der Waals surface area contributed by atoms with Crippen LogP contribution in [0.5, 0.6) is 0 Å². The van der Waals surface area contributed by atoms with E-state index >= 15 is 0 Å². The number of sulfonamides is 1. The number of hydrogen-bond acceptors (Lipinski definition) is 3. The molecule has 0 atom stereocenters. The molecular formula is C19H20N2O3S. The Kier molecular flexibility index (Phi) is 6.14. The van der Waals surface area contributed by atoms with Crippen molar-refractivity contribution in [1.82, 2.24) is 4.90 Å². The zero-order valence-electron chi connectivity index (χ0n) is 13.8. The summed E-state index contributed by atoms with van der Waals surface area (Å²) in [6.07, 6.45) is 3.22. The Labute approximate surface area is 148 Å². The number of nitrogens with zero attached hydrogens (tertiary/aromatic N) is 1. The lowest BCUT2D eigenvalue weighted by Gasteiger charge is -2.19. The summed E-state index contributed by atoms with van der Waals surface area (Å²) in [7, 11) is -3.78. The molecule has 0 aliphatic carbocycles. The van der Waals surface area contributed by atoms with E-state index in [0.717, 1.165) is 0 Å². The number of benzene rings is 2. The minimum absolute atomic E-state index is 0.0272. The van der Waals surface area contributed by atoms with Gasteiger partial charge in [0.05, 0.1) is 4.90 Å². The lowest BCUT2D eigenvalue weighted by atomic mass is 10.2. The van der Waals surface area contributed by atoms with Gasteiger partial charge in [-0.1, -0.05) is 36.4 Å². The molecule has 2 aromatic rings. The predicted octanol–water partition coefficient (Wildman–Crippen LogP) is 3.30.